The molecule has 0 aromatic heterocycles. The molecule has 2 aromatic rings. The Hall–Kier alpha value is -2.77. The van der Waals surface area contributed by atoms with Crippen LogP contribution >= 0.6 is 0 Å². The van der Waals surface area contributed by atoms with E-state index in [2.05, 4.69) is 4.90 Å². The SMILES string of the molecule is COc1cc(N2CCc3cc(OC[C@@H]4CCCO4)ccc3C2=O)ccc1OCCN1CCCC1. The molecule has 182 valence electrons. The van der Waals surface area contributed by atoms with E-state index in [9.17, 15) is 4.79 Å². The van der Waals surface area contributed by atoms with E-state index in [0.29, 0.717) is 31.3 Å². The van der Waals surface area contributed by atoms with Crippen molar-refractivity contribution in [3.63, 3.8) is 0 Å². The molecule has 2 fully saturated rings. The van der Waals surface area contributed by atoms with Crippen LogP contribution in [-0.2, 0) is 11.2 Å². The molecular weight excluding hydrogens is 432 g/mol. The molecule has 0 aliphatic carbocycles. The quantitative estimate of drug-likeness (QED) is 0.558. The van der Waals surface area contributed by atoms with Gasteiger partial charge in [-0.3, -0.25) is 9.69 Å². The number of likely N-dealkylation sites (tertiary alicyclic amines) is 1. The second kappa shape index (κ2) is 10.7. The highest BCUT2D eigenvalue weighted by Crippen LogP contribution is 2.34. The molecule has 3 aliphatic heterocycles. The highest BCUT2D eigenvalue weighted by molar-refractivity contribution is 6.08. The Bertz CT molecular complexity index is 999. The number of carbonyl (C=O) groups is 1. The number of carbonyl (C=O) groups excluding carboxylic acids is 1. The molecule has 7 heteroatoms. The van der Waals surface area contributed by atoms with Crippen LogP contribution in [0.1, 0.15) is 41.6 Å². The second-order valence-electron chi connectivity index (χ2n) is 9.20. The van der Waals surface area contributed by atoms with Crippen LogP contribution in [0.5, 0.6) is 17.2 Å². The van der Waals surface area contributed by atoms with Crippen molar-refractivity contribution in [1.29, 1.82) is 0 Å². The van der Waals surface area contributed by atoms with Gasteiger partial charge >= 0.3 is 0 Å². The van der Waals surface area contributed by atoms with E-state index >= 15 is 0 Å². The van der Waals surface area contributed by atoms with Crippen LogP contribution in [-0.4, -0.2) is 70.0 Å². The first kappa shape index (κ1) is 23.0. The summed E-state index contributed by atoms with van der Waals surface area (Å²) in [4.78, 5) is 17.5. The molecule has 1 atom stereocenters. The fourth-order valence-electron chi connectivity index (χ4n) is 5.00. The maximum Gasteiger partial charge on any atom is 0.258 e. The first-order valence-corrected chi connectivity index (χ1v) is 12.4. The summed E-state index contributed by atoms with van der Waals surface area (Å²) in [6, 6.07) is 11.5. The molecule has 0 bridgehead atoms. The van der Waals surface area contributed by atoms with Crippen LogP contribution < -0.4 is 19.1 Å². The van der Waals surface area contributed by atoms with Crippen molar-refractivity contribution >= 4 is 11.6 Å². The first-order valence-electron chi connectivity index (χ1n) is 12.4. The van der Waals surface area contributed by atoms with Crippen LogP contribution in [0.15, 0.2) is 36.4 Å². The van der Waals surface area contributed by atoms with Crippen LogP contribution in [0, 0.1) is 0 Å². The van der Waals surface area contributed by atoms with Gasteiger partial charge in [-0.25, -0.2) is 0 Å². The van der Waals surface area contributed by atoms with Crippen LogP contribution in [0.3, 0.4) is 0 Å². The zero-order valence-corrected chi connectivity index (χ0v) is 20.0. The van der Waals surface area contributed by atoms with Crippen molar-refractivity contribution in [3.05, 3.63) is 47.5 Å². The zero-order chi connectivity index (χ0) is 23.3. The highest BCUT2D eigenvalue weighted by atomic mass is 16.5. The molecule has 34 heavy (non-hydrogen) atoms. The molecule has 0 N–H and O–H groups in total. The Morgan fingerprint density at radius 1 is 1.00 bits per heavy atom. The zero-order valence-electron chi connectivity index (χ0n) is 20.0. The van der Waals surface area contributed by atoms with Gasteiger partial charge in [-0.15, -0.1) is 0 Å². The summed E-state index contributed by atoms with van der Waals surface area (Å²) >= 11 is 0. The normalized spacial score (nSPS) is 20.4. The van der Waals surface area contributed by atoms with Gasteiger partial charge in [-0.1, -0.05) is 0 Å². The minimum Gasteiger partial charge on any atom is -0.493 e. The van der Waals surface area contributed by atoms with E-state index in [4.69, 9.17) is 18.9 Å². The van der Waals surface area contributed by atoms with Crippen molar-refractivity contribution in [3.8, 4) is 17.2 Å². The maximum absolute atomic E-state index is 13.3. The van der Waals surface area contributed by atoms with Gasteiger partial charge in [0, 0.05) is 37.0 Å². The van der Waals surface area contributed by atoms with Crippen molar-refractivity contribution in [2.45, 2.75) is 38.2 Å². The van der Waals surface area contributed by atoms with E-state index in [1.54, 1.807) is 7.11 Å². The van der Waals surface area contributed by atoms with Gasteiger partial charge in [0.2, 0.25) is 0 Å². The number of fused-ring (bicyclic) bond motifs is 1. The van der Waals surface area contributed by atoms with Gasteiger partial charge < -0.3 is 23.8 Å². The third-order valence-corrected chi connectivity index (χ3v) is 6.94. The molecule has 0 radical (unpaired) electrons. The summed E-state index contributed by atoms with van der Waals surface area (Å²) in [5, 5.41) is 0. The minimum atomic E-state index is -0.00307. The average molecular weight is 467 g/mol. The summed E-state index contributed by atoms with van der Waals surface area (Å²) in [6.07, 6.45) is 5.64. The topological polar surface area (TPSA) is 60.5 Å². The fraction of sp³-hybridized carbons (Fsp3) is 0.519. The van der Waals surface area contributed by atoms with Crippen LogP contribution in [0.4, 0.5) is 5.69 Å². The molecule has 0 spiro atoms. The van der Waals surface area contributed by atoms with E-state index in [0.717, 1.165) is 68.1 Å². The van der Waals surface area contributed by atoms with E-state index in [1.807, 2.05) is 41.3 Å². The third kappa shape index (κ3) is 5.15. The maximum atomic E-state index is 13.3. The average Bonchev–Trinajstić information content (AvgIpc) is 3.58. The number of hydrogen-bond donors (Lipinski definition) is 0. The van der Waals surface area contributed by atoms with Gasteiger partial charge in [0.1, 0.15) is 19.0 Å². The lowest BCUT2D eigenvalue weighted by Crippen LogP contribution is -2.37. The standard InChI is InChI=1S/C27H34N2O5/c1-31-26-18-21(6-9-25(26)33-16-14-28-11-2-3-12-28)29-13-10-20-17-22(7-8-24(20)27(29)30)34-19-23-5-4-15-32-23/h6-9,17-18,23H,2-5,10-16,19H2,1H3/t23-/m0/s1. The van der Waals surface area contributed by atoms with Gasteiger partial charge in [0.05, 0.1) is 13.2 Å². The molecule has 3 aliphatic rings. The summed E-state index contributed by atoms with van der Waals surface area (Å²) in [5.41, 5.74) is 2.57. The number of nitrogens with zero attached hydrogens (tertiary/aromatic N) is 2. The lowest BCUT2D eigenvalue weighted by atomic mass is 9.98. The van der Waals surface area contributed by atoms with Gasteiger partial charge in [0.25, 0.3) is 5.91 Å². The Morgan fingerprint density at radius 3 is 2.68 bits per heavy atom. The van der Waals surface area contributed by atoms with E-state index in [-0.39, 0.29) is 12.0 Å². The lowest BCUT2D eigenvalue weighted by Gasteiger charge is -2.29. The molecule has 5 rings (SSSR count). The van der Waals surface area contributed by atoms with Crippen molar-refractivity contribution in [2.24, 2.45) is 0 Å². The Kier molecular flexibility index (Phi) is 7.21. The van der Waals surface area contributed by atoms with Gasteiger partial charge in [0.15, 0.2) is 11.5 Å². The first-order chi connectivity index (χ1) is 16.7. The summed E-state index contributed by atoms with van der Waals surface area (Å²) in [5.74, 6) is 2.16. The van der Waals surface area contributed by atoms with Gasteiger partial charge in [-0.05, 0) is 81.1 Å². The third-order valence-electron chi connectivity index (χ3n) is 6.94. The Labute approximate surface area is 201 Å². The van der Waals surface area contributed by atoms with Crippen molar-refractivity contribution < 1.29 is 23.7 Å². The number of anilines is 1. The number of ether oxygens (including phenoxy) is 4. The lowest BCUT2D eigenvalue weighted by molar-refractivity contribution is 0.0679. The van der Waals surface area contributed by atoms with Crippen LogP contribution in [0.2, 0.25) is 0 Å². The predicted molar refractivity (Wildman–Crippen MR) is 130 cm³/mol. The number of amides is 1. The van der Waals surface area contributed by atoms with E-state index < -0.39 is 0 Å². The highest BCUT2D eigenvalue weighted by Gasteiger charge is 2.27. The number of hydrogen-bond acceptors (Lipinski definition) is 6. The fourth-order valence-corrected chi connectivity index (χ4v) is 5.00. The molecule has 0 saturated carbocycles. The van der Waals surface area contributed by atoms with Crippen LogP contribution in [0.25, 0.3) is 0 Å². The van der Waals surface area contributed by atoms with Gasteiger partial charge in [-0.2, -0.15) is 0 Å². The van der Waals surface area contributed by atoms with Crippen molar-refractivity contribution in [1.82, 2.24) is 4.90 Å². The smallest absolute Gasteiger partial charge is 0.258 e. The molecule has 2 saturated heterocycles. The number of rotatable bonds is 9. The number of benzene rings is 2. The predicted octanol–water partition coefficient (Wildman–Crippen LogP) is 3.93. The van der Waals surface area contributed by atoms with E-state index in [1.165, 1.54) is 12.8 Å². The molecule has 7 nitrogen and oxygen atoms in total. The molecule has 0 unspecified atom stereocenters. The molecular formula is C27H34N2O5. The molecule has 2 aromatic carbocycles. The Morgan fingerprint density at radius 2 is 1.88 bits per heavy atom. The monoisotopic (exact) mass is 466 g/mol. The Balaban J connectivity index is 1.23. The molecule has 1 amide bonds. The van der Waals surface area contributed by atoms with Crippen molar-refractivity contribution in [2.75, 3.05) is 58.0 Å². The summed E-state index contributed by atoms with van der Waals surface area (Å²) in [7, 11) is 1.64. The minimum absolute atomic E-state index is 0.00307. The summed E-state index contributed by atoms with van der Waals surface area (Å²) < 4.78 is 23.1. The number of methoxy groups -OCH3 is 1. The summed E-state index contributed by atoms with van der Waals surface area (Å²) in [6.45, 7) is 5.85. The largest absolute Gasteiger partial charge is 0.493 e. The molecule has 3 heterocycles. The second-order valence-corrected chi connectivity index (χ2v) is 9.20.